The van der Waals surface area contributed by atoms with Gasteiger partial charge < -0.3 is 30.7 Å². The lowest BCUT2D eigenvalue weighted by Gasteiger charge is -2.30. The second kappa shape index (κ2) is 15.6. The summed E-state index contributed by atoms with van der Waals surface area (Å²) in [6, 6.07) is 11.4. The molecule has 0 radical (unpaired) electrons. The van der Waals surface area contributed by atoms with Crippen LogP contribution in [0, 0.1) is 0 Å². The number of carbonyl (C=O) groups is 2. The number of phenolic OH excluding ortho intramolecular Hbond substituents is 1. The highest BCUT2D eigenvalue weighted by atomic mass is 35.5. The summed E-state index contributed by atoms with van der Waals surface area (Å²) < 4.78 is 5.56. The van der Waals surface area contributed by atoms with Crippen molar-refractivity contribution in [1.29, 1.82) is 0 Å². The van der Waals surface area contributed by atoms with E-state index in [-0.39, 0.29) is 30.2 Å². The molecule has 0 aromatic heterocycles. The van der Waals surface area contributed by atoms with Crippen molar-refractivity contribution in [2.75, 3.05) is 44.6 Å². The van der Waals surface area contributed by atoms with Crippen LogP contribution in [0.1, 0.15) is 50.7 Å². The minimum absolute atomic E-state index is 0.00154. The molecule has 1 aliphatic rings. The molecule has 3 rings (SSSR count). The van der Waals surface area contributed by atoms with Gasteiger partial charge in [-0.25, -0.2) is 0 Å². The number of rotatable bonds is 16. The monoisotopic (exact) mass is 544 g/mol. The first-order chi connectivity index (χ1) is 18.4. The molecule has 0 bridgehead atoms. The number of anilines is 1. The molecule has 2 aromatic rings. The molecule has 0 saturated carbocycles. The van der Waals surface area contributed by atoms with Crippen molar-refractivity contribution in [3.05, 3.63) is 52.5 Å². The van der Waals surface area contributed by atoms with Gasteiger partial charge in [-0.1, -0.05) is 55.6 Å². The number of carbonyl (C=O) groups excluding carboxylic acids is 2. The van der Waals surface area contributed by atoms with Gasteiger partial charge in [-0.15, -0.1) is 0 Å². The molecule has 208 valence electrons. The van der Waals surface area contributed by atoms with Crippen molar-refractivity contribution in [3.63, 3.8) is 0 Å². The highest BCUT2D eigenvalue weighted by molar-refractivity contribution is 6.31. The molecule has 8 nitrogen and oxygen atoms in total. The van der Waals surface area contributed by atoms with E-state index in [4.69, 9.17) is 16.3 Å². The Morgan fingerprint density at radius 2 is 1.84 bits per heavy atom. The van der Waals surface area contributed by atoms with Crippen molar-refractivity contribution in [3.8, 4) is 11.5 Å². The normalized spacial score (nSPS) is 13.4. The van der Waals surface area contributed by atoms with E-state index in [1.165, 1.54) is 0 Å². The van der Waals surface area contributed by atoms with Gasteiger partial charge in [0.25, 0.3) is 5.91 Å². The summed E-state index contributed by atoms with van der Waals surface area (Å²) >= 11 is 6.23. The molecule has 0 fully saturated rings. The number of benzene rings is 2. The molecule has 0 aliphatic carbocycles. The number of nitrogens with one attached hydrogen (secondary N) is 3. The number of ether oxygens (including phenoxy) is 1. The maximum absolute atomic E-state index is 13.1. The summed E-state index contributed by atoms with van der Waals surface area (Å²) in [5.74, 6) is 0.412. The predicted molar refractivity (Wildman–Crippen MR) is 152 cm³/mol. The van der Waals surface area contributed by atoms with E-state index in [2.05, 4.69) is 29.8 Å². The van der Waals surface area contributed by atoms with Crippen LogP contribution in [0.2, 0.25) is 5.02 Å². The first-order valence-corrected chi connectivity index (χ1v) is 14.0. The molecule has 2 amide bonds. The highest BCUT2D eigenvalue weighted by Gasteiger charge is 2.22. The molecular formula is C29H41ClN4O4. The Morgan fingerprint density at radius 1 is 1.11 bits per heavy atom. The number of fused-ring (bicyclic) bond motifs is 1. The Morgan fingerprint density at radius 3 is 2.61 bits per heavy atom. The zero-order valence-corrected chi connectivity index (χ0v) is 23.3. The minimum atomic E-state index is -0.277. The standard InChI is InChI=1S/C29H41ClN4O4/c1-3-4-7-21(2)34(27(37)14-17-31-15-12-22-8-5-6-9-24(22)30)19-18-32-16-13-23-10-11-25(35)28-29(23)38-20-26(36)33-28/h5-6,8-11,21,31-32,35H,3-4,7,12-20H2,1-2H3,(H,33,36)/t21-/m1/s1. The van der Waals surface area contributed by atoms with Crippen LogP contribution in [0.3, 0.4) is 0 Å². The van der Waals surface area contributed by atoms with Crippen molar-refractivity contribution >= 4 is 29.1 Å². The Labute approximate surface area is 231 Å². The molecule has 0 unspecified atom stereocenters. The first kappa shape index (κ1) is 29.7. The molecular weight excluding hydrogens is 504 g/mol. The second-order valence-electron chi connectivity index (χ2n) is 9.70. The van der Waals surface area contributed by atoms with Crippen LogP contribution in [0.15, 0.2) is 36.4 Å². The Bertz CT molecular complexity index is 1060. The van der Waals surface area contributed by atoms with Crippen LogP contribution in [-0.2, 0) is 22.4 Å². The molecule has 1 atom stereocenters. The quantitative estimate of drug-likeness (QED) is 0.187. The number of nitrogens with zero attached hydrogens (tertiary/aromatic N) is 1. The minimum Gasteiger partial charge on any atom is -0.506 e. The topological polar surface area (TPSA) is 103 Å². The van der Waals surface area contributed by atoms with E-state index in [1.54, 1.807) is 6.07 Å². The zero-order valence-electron chi connectivity index (χ0n) is 22.5. The molecule has 4 N–H and O–H groups in total. The lowest BCUT2D eigenvalue weighted by molar-refractivity contribution is -0.133. The van der Waals surface area contributed by atoms with Gasteiger partial charge >= 0.3 is 0 Å². The van der Waals surface area contributed by atoms with Crippen molar-refractivity contribution in [2.24, 2.45) is 0 Å². The summed E-state index contributed by atoms with van der Waals surface area (Å²) in [6.07, 6.45) is 5.15. The van der Waals surface area contributed by atoms with E-state index < -0.39 is 0 Å². The fourth-order valence-corrected chi connectivity index (χ4v) is 4.82. The Kier molecular flexibility index (Phi) is 12.2. The molecule has 2 aromatic carbocycles. The van der Waals surface area contributed by atoms with Crippen LogP contribution in [0.5, 0.6) is 11.5 Å². The third-order valence-corrected chi connectivity index (χ3v) is 7.17. The number of aromatic hydroxyl groups is 1. The van der Waals surface area contributed by atoms with Gasteiger partial charge in [-0.3, -0.25) is 9.59 Å². The third-order valence-electron chi connectivity index (χ3n) is 6.80. The van der Waals surface area contributed by atoms with E-state index >= 15 is 0 Å². The Balaban J connectivity index is 1.43. The summed E-state index contributed by atoms with van der Waals surface area (Å²) in [4.78, 5) is 26.7. The van der Waals surface area contributed by atoms with Gasteiger partial charge in [0.15, 0.2) is 12.4 Å². The molecule has 9 heteroatoms. The maximum atomic E-state index is 13.1. The predicted octanol–water partition coefficient (Wildman–Crippen LogP) is 4.14. The van der Waals surface area contributed by atoms with Crippen LogP contribution in [0.4, 0.5) is 5.69 Å². The maximum Gasteiger partial charge on any atom is 0.262 e. The first-order valence-electron chi connectivity index (χ1n) is 13.6. The lowest BCUT2D eigenvalue weighted by atomic mass is 10.1. The summed E-state index contributed by atoms with van der Waals surface area (Å²) in [6.45, 7) is 7.66. The largest absolute Gasteiger partial charge is 0.506 e. The Hall–Kier alpha value is -2.81. The van der Waals surface area contributed by atoms with Crippen LogP contribution >= 0.6 is 11.6 Å². The summed E-state index contributed by atoms with van der Waals surface area (Å²) in [5, 5.41) is 20.3. The molecule has 1 heterocycles. The molecule has 0 saturated heterocycles. The van der Waals surface area contributed by atoms with Crippen molar-refractivity contribution in [2.45, 2.75) is 58.4 Å². The molecule has 38 heavy (non-hydrogen) atoms. The van der Waals surface area contributed by atoms with Gasteiger partial charge in [0.1, 0.15) is 11.4 Å². The summed E-state index contributed by atoms with van der Waals surface area (Å²) in [5.41, 5.74) is 2.36. The van der Waals surface area contributed by atoms with Crippen LogP contribution in [-0.4, -0.2) is 67.2 Å². The number of unbranched alkanes of at least 4 members (excludes halogenated alkanes) is 1. The fraction of sp³-hybridized carbons (Fsp3) is 0.517. The average molecular weight is 545 g/mol. The van der Waals surface area contributed by atoms with Gasteiger partial charge in [-0.2, -0.15) is 0 Å². The summed E-state index contributed by atoms with van der Waals surface area (Å²) in [7, 11) is 0. The number of hydrogen-bond acceptors (Lipinski definition) is 6. The van der Waals surface area contributed by atoms with Crippen LogP contribution in [0.25, 0.3) is 0 Å². The van der Waals surface area contributed by atoms with Gasteiger partial charge in [0.2, 0.25) is 5.91 Å². The molecule has 1 aliphatic heterocycles. The average Bonchev–Trinajstić information content (AvgIpc) is 2.91. The number of hydrogen-bond donors (Lipinski definition) is 4. The van der Waals surface area contributed by atoms with Crippen LogP contribution < -0.4 is 20.7 Å². The SMILES string of the molecule is CCCC[C@@H](C)N(CCNCCc1ccc(O)c2c1OCC(=O)N2)C(=O)CCNCCc1ccccc1Cl. The zero-order chi connectivity index (χ0) is 27.3. The van der Waals surface area contributed by atoms with Crippen molar-refractivity contribution < 1.29 is 19.4 Å². The van der Waals surface area contributed by atoms with Crippen molar-refractivity contribution in [1.82, 2.24) is 15.5 Å². The van der Waals surface area contributed by atoms with Gasteiger partial charge in [0.05, 0.1) is 0 Å². The smallest absolute Gasteiger partial charge is 0.262 e. The van der Waals surface area contributed by atoms with E-state index in [0.717, 1.165) is 48.4 Å². The number of phenols is 1. The number of amides is 2. The van der Waals surface area contributed by atoms with E-state index in [9.17, 15) is 14.7 Å². The number of halogens is 1. The second-order valence-corrected chi connectivity index (χ2v) is 10.1. The molecule has 0 spiro atoms. The lowest BCUT2D eigenvalue weighted by Crippen LogP contribution is -2.43. The van der Waals surface area contributed by atoms with E-state index in [1.807, 2.05) is 35.2 Å². The van der Waals surface area contributed by atoms with Gasteiger partial charge in [0, 0.05) is 37.1 Å². The highest BCUT2D eigenvalue weighted by Crippen LogP contribution is 2.39. The third kappa shape index (κ3) is 8.89. The van der Waals surface area contributed by atoms with Gasteiger partial charge in [-0.05, 0) is 62.5 Å². The fourth-order valence-electron chi connectivity index (χ4n) is 4.59. The van der Waals surface area contributed by atoms with E-state index in [0.29, 0.717) is 50.5 Å².